The van der Waals surface area contributed by atoms with Crippen molar-refractivity contribution in [2.45, 2.75) is 10.1 Å². The lowest BCUT2D eigenvalue weighted by molar-refractivity contribution is 0.301. The van der Waals surface area contributed by atoms with Gasteiger partial charge in [-0.3, -0.25) is 0 Å². The van der Waals surface area contributed by atoms with Gasteiger partial charge in [-0.05, 0) is 12.1 Å². The predicted molar refractivity (Wildman–Crippen MR) is 53.9 cm³/mol. The van der Waals surface area contributed by atoms with E-state index in [4.69, 9.17) is 16.7 Å². The van der Waals surface area contributed by atoms with Gasteiger partial charge in [-0.2, -0.15) is 0 Å². The van der Waals surface area contributed by atoms with Crippen molar-refractivity contribution in [1.82, 2.24) is 0 Å². The zero-order valence-corrected chi connectivity index (χ0v) is 8.18. The summed E-state index contributed by atoms with van der Waals surface area (Å²) in [4.78, 5) is 1.15. The fraction of sp³-hybridized carbons (Fsp3) is 0.333. The molecule has 0 aliphatic carbocycles. The van der Waals surface area contributed by atoms with Gasteiger partial charge < -0.3 is 5.11 Å². The van der Waals surface area contributed by atoms with E-state index in [0.29, 0.717) is 5.88 Å². The summed E-state index contributed by atoms with van der Waals surface area (Å²) in [6, 6.07) is 9.95. The number of alkyl halides is 1. The van der Waals surface area contributed by atoms with Crippen LogP contribution < -0.4 is 0 Å². The van der Waals surface area contributed by atoms with Gasteiger partial charge in [0, 0.05) is 16.0 Å². The molecule has 0 aromatic heterocycles. The van der Waals surface area contributed by atoms with Gasteiger partial charge in [0.2, 0.25) is 0 Å². The molecule has 12 heavy (non-hydrogen) atoms. The molecule has 1 N–H and O–H groups in total. The Morgan fingerprint density at radius 3 is 2.50 bits per heavy atom. The summed E-state index contributed by atoms with van der Waals surface area (Å²) in [6.45, 7) is 0.128. The molecular weight excluding hydrogens is 192 g/mol. The van der Waals surface area contributed by atoms with E-state index in [9.17, 15) is 0 Å². The van der Waals surface area contributed by atoms with Gasteiger partial charge in [0.1, 0.15) is 0 Å². The van der Waals surface area contributed by atoms with E-state index in [2.05, 4.69) is 0 Å². The first kappa shape index (κ1) is 9.90. The van der Waals surface area contributed by atoms with Crippen molar-refractivity contribution in [3.05, 3.63) is 30.3 Å². The quantitative estimate of drug-likeness (QED) is 0.598. The molecule has 1 aromatic carbocycles. The molecule has 0 amide bonds. The summed E-state index contributed by atoms with van der Waals surface area (Å²) >= 11 is 7.24. The highest BCUT2D eigenvalue weighted by Crippen LogP contribution is 2.23. The van der Waals surface area contributed by atoms with E-state index in [1.807, 2.05) is 30.3 Å². The van der Waals surface area contributed by atoms with E-state index in [1.165, 1.54) is 0 Å². The van der Waals surface area contributed by atoms with Crippen molar-refractivity contribution in [3.8, 4) is 0 Å². The molecule has 0 fully saturated rings. The van der Waals surface area contributed by atoms with Crippen LogP contribution in [0.15, 0.2) is 35.2 Å². The van der Waals surface area contributed by atoms with Gasteiger partial charge in [-0.1, -0.05) is 18.2 Å². The predicted octanol–water partition coefficient (Wildman–Crippen LogP) is 2.38. The van der Waals surface area contributed by atoms with Crippen molar-refractivity contribution < 1.29 is 5.11 Å². The zero-order chi connectivity index (χ0) is 8.81. The molecule has 0 radical (unpaired) electrons. The molecule has 3 heteroatoms. The minimum atomic E-state index is 0.106. The molecule has 1 aromatic rings. The molecule has 1 atom stereocenters. The van der Waals surface area contributed by atoms with Crippen LogP contribution in [0.2, 0.25) is 0 Å². The highest BCUT2D eigenvalue weighted by atomic mass is 35.5. The number of halogens is 1. The van der Waals surface area contributed by atoms with Crippen LogP contribution in [0.25, 0.3) is 0 Å². The third-order valence-corrected chi connectivity index (χ3v) is 3.17. The number of hydrogen-bond donors (Lipinski definition) is 1. The summed E-state index contributed by atoms with van der Waals surface area (Å²) in [5, 5.41) is 8.99. The second kappa shape index (κ2) is 5.46. The molecule has 0 spiro atoms. The number of thioether (sulfide) groups is 1. The van der Waals surface area contributed by atoms with E-state index >= 15 is 0 Å². The van der Waals surface area contributed by atoms with Crippen LogP contribution in [0, 0.1) is 0 Å². The highest BCUT2D eigenvalue weighted by Gasteiger charge is 2.06. The summed E-state index contributed by atoms with van der Waals surface area (Å²) in [6.07, 6.45) is 0. The zero-order valence-electron chi connectivity index (χ0n) is 6.61. The van der Waals surface area contributed by atoms with Crippen molar-refractivity contribution in [2.24, 2.45) is 0 Å². The molecule has 66 valence electrons. The van der Waals surface area contributed by atoms with Gasteiger partial charge in [-0.15, -0.1) is 23.4 Å². The van der Waals surface area contributed by atoms with Crippen LogP contribution in [-0.2, 0) is 0 Å². The Hall–Kier alpha value is -0.180. The molecule has 0 bridgehead atoms. The van der Waals surface area contributed by atoms with Crippen LogP contribution in [0.4, 0.5) is 0 Å². The number of benzene rings is 1. The number of aliphatic hydroxyl groups excluding tert-OH is 1. The molecule has 0 aliphatic rings. The smallest absolute Gasteiger partial charge is 0.0565 e. The van der Waals surface area contributed by atoms with Crippen LogP contribution in [0.3, 0.4) is 0 Å². The second-order valence-electron chi connectivity index (χ2n) is 2.39. The molecule has 0 saturated carbocycles. The second-order valence-corrected chi connectivity index (χ2v) is 4.07. The first-order valence-electron chi connectivity index (χ1n) is 3.75. The van der Waals surface area contributed by atoms with Crippen molar-refractivity contribution in [1.29, 1.82) is 0 Å². The summed E-state index contributed by atoms with van der Waals surface area (Å²) < 4.78 is 0. The van der Waals surface area contributed by atoms with Crippen LogP contribution in [0.5, 0.6) is 0 Å². The summed E-state index contributed by atoms with van der Waals surface area (Å²) in [5.74, 6) is 0.482. The lowest BCUT2D eigenvalue weighted by atomic mass is 10.4. The maximum atomic E-state index is 8.88. The van der Waals surface area contributed by atoms with Gasteiger partial charge in [0.05, 0.1) is 6.61 Å². The minimum Gasteiger partial charge on any atom is -0.395 e. The Kier molecular flexibility index (Phi) is 4.51. The number of rotatable bonds is 4. The molecule has 0 heterocycles. The van der Waals surface area contributed by atoms with Crippen molar-refractivity contribution in [2.75, 3.05) is 12.5 Å². The van der Waals surface area contributed by atoms with Crippen molar-refractivity contribution >= 4 is 23.4 Å². The monoisotopic (exact) mass is 202 g/mol. The Morgan fingerprint density at radius 2 is 2.00 bits per heavy atom. The number of aliphatic hydroxyl groups is 1. The van der Waals surface area contributed by atoms with Gasteiger partial charge >= 0.3 is 0 Å². The van der Waals surface area contributed by atoms with Crippen LogP contribution >= 0.6 is 23.4 Å². The molecular formula is C9H11ClOS. The average molecular weight is 203 g/mol. The highest BCUT2D eigenvalue weighted by molar-refractivity contribution is 8.00. The fourth-order valence-corrected chi connectivity index (χ4v) is 1.93. The fourth-order valence-electron chi connectivity index (χ4n) is 0.809. The van der Waals surface area contributed by atoms with E-state index in [0.717, 1.165) is 4.90 Å². The maximum Gasteiger partial charge on any atom is 0.0565 e. The average Bonchev–Trinajstić information content (AvgIpc) is 2.16. The Balaban J connectivity index is 2.51. The number of hydrogen-bond acceptors (Lipinski definition) is 2. The minimum absolute atomic E-state index is 0.106. The topological polar surface area (TPSA) is 20.2 Å². The van der Waals surface area contributed by atoms with Crippen LogP contribution in [-0.4, -0.2) is 22.8 Å². The van der Waals surface area contributed by atoms with Crippen LogP contribution in [0.1, 0.15) is 0 Å². The van der Waals surface area contributed by atoms with Gasteiger partial charge in [-0.25, -0.2) is 0 Å². The standard InChI is InChI=1S/C9H11ClOS/c10-6-9(7-11)12-8-4-2-1-3-5-8/h1-5,9,11H,6-7H2. The third kappa shape index (κ3) is 3.05. The van der Waals surface area contributed by atoms with E-state index in [1.54, 1.807) is 11.8 Å². The first-order chi connectivity index (χ1) is 5.86. The Labute approximate surface area is 81.7 Å². The maximum absolute atomic E-state index is 8.88. The third-order valence-electron chi connectivity index (χ3n) is 1.42. The lowest BCUT2D eigenvalue weighted by Gasteiger charge is -2.08. The Bertz CT molecular complexity index is 211. The first-order valence-corrected chi connectivity index (χ1v) is 5.16. The summed E-state index contributed by atoms with van der Waals surface area (Å²) in [7, 11) is 0. The van der Waals surface area contributed by atoms with Gasteiger partial charge in [0.25, 0.3) is 0 Å². The normalized spacial score (nSPS) is 12.8. The lowest BCUT2D eigenvalue weighted by Crippen LogP contribution is -2.09. The molecule has 1 rings (SSSR count). The molecule has 1 unspecified atom stereocenters. The van der Waals surface area contributed by atoms with Crippen molar-refractivity contribution in [3.63, 3.8) is 0 Å². The summed E-state index contributed by atoms with van der Waals surface area (Å²) in [5.41, 5.74) is 0. The molecule has 0 aliphatic heterocycles. The van der Waals surface area contributed by atoms with E-state index < -0.39 is 0 Å². The molecule has 1 nitrogen and oxygen atoms in total. The van der Waals surface area contributed by atoms with Gasteiger partial charge in [0.15, 0.2) is 0 Å². The largest absolute Gasteiger partial charge is 0.395 e. The van der Waals surface area contributed by atoms with E-state index in [-0.39, 0.29) is 11.9 Å². The SMILES string of the molecule is OCC(CCl)Sc1ccccc1. The Morgan fingerprint density at radius 1 is 1.33 bits per heavy atom. The molecule has 0 saturated heterocycles.